The van der Waals surface area contributed by atoms with Crippen molar-refractivity contribution in [2.75, 3.05) is 0 Å². The van der Waals surface area contributed by atoms with Crippen molar-refractivity contribution in [2.45, 2.75) is 51.4 Å². The first-order valence-corrected chi connectivity index (χ1v) is 13.4. The van der Waals surface area contributed by atoms with Crippen LogP contribution in [0.15, 0.2) is 97.1 Å². The molecule has 38 heavy (non-hydrogen) atoms. The predicted octanol–water partition coefficient (Wildman–Crippen LogP) is 8.40. The summed E-state index contributed by atoms with van der Waals surface area (Å²) in [7, 11) is 0. The molecule has 0 N–H and O–H groups in total. The van der Waals surface area contributed by atoms with Crippen molar-refractivity contribution in [1.82, 2.24) is 0 Å². The predicted molar refractivity (Wildman–Crippen MR) is 150 cm³/mol. The summed E-state index contributed by atoms with van der Waals surface area (Å²) in [6, 6.07) is 30.2. The van der Waals surface area contributed by atoms with Crippen LogP contribution in [-0.4, -0.2) is 11.9 Å². The molecule has 1 saturated carbocycles. The molecule has 5 rings (SSSR count). The molecule has 0 spiro atoms. The van der Waals surface area contributed by atoms with Gasteiger partial charge < -0.3 is 9.47 Å². The molecule has 0 aromatic heterocycles. The Morgan fingerprint density at radius 1 is 0.684 bits per heavy atom. The van der Waals surface area contributed by atoms with E-state index in [9.17, 15) is 9.59 Å². The summed E-state index contributed by atoms with van der Waals surface area (Å²) in [6.45, 7) is 2.02. The Hall–Kier alpha value is -4.18. The van der Waals surface area contributed by atoms with E-state index in [4.69, 9.17) is 9.47 Å². The maximum absolute atomic E-state index is 13.4. The molecule has 1 fully saturated rings. The number of carbonyl (C=O) groups excluding carboxylic acids is 2. The van der Waals surface area contributed by atoms with Gasteiger partial charge in [-0.2, -0.15) is 0 Å². The van der Waals surface area contributed by atoms with Crippen LogP contribution in [0.25, 0.3) is 11.1 Å². The van der Waals surface area contributed by atoms with E-state index in [1.54, 1.807) is 36.4 Å². The average molecular weight is 505 g/mol. The van der Waals surface area contributed by atoms with Crippen LogP contribution in [0.4, 0.5) is 0 Å². The van der Waals surface area contributed by atoms with Crippen LogP contribution in [0, 0.1) is 0 Å². The van der Waals surface area contributed by atoms with Gasteiger partial charge in [0.1, 0.15) is 0 Å². The summed E-state index contributed by atoms with van der Waals surface area (Å²) in [5.41, 5.74) is 4.76. The second-order valence-electron chi connectivity index (χ2n) is 9.72. The second kappa shape index (κ2) is 11.9. The zero-order chi connectivity index (χ0) is 26.3. The summed E-state index contributed by atoms with van der Waals surface area (Å²) in [6.07, 6.45) is 6.01. The molecule has 0 saturated heterocycles. The maximum atomic E-state index is 13.4. The van der Waals surface area contributed by atoms with E-state index in [2.05, 4.69) is 18.2 Å². The number of carbonyl (C=O) groups is 2. The Bertz CT molecular complexity index is 1390. The van der Waals surface area contributed by atoms with Crippen molar-refractivity contribution >= 4 is 11.9 Å². The van der Waals surface area contributed by atoms with Gasteiger partial charge >= 0.3 is 11.9 Å². The molecule has 0 unspecified atom stereocenters. The number of hydrogen-bond acceptors (Lipinski definition) is 4. The van der Waals surface area contributed by atoms with E-state index in [0.717, 1.165) is 47.9 Å². The summed E-state index contributed by atoms with van der Waals surface area (Å²) in [4.78, 5) is 26.7. The molecule has 0 aliphatic heterocycles. The first-order chi connectivity index (χ1) is 18.7. The zero-order valence-electron chi connectivity index (χ0n) is 21.7. The minimum Gasteiger partial charge on any atom is -0.419 e. The van der Waals surface area contributed by atoms with Gasteiger partial charge in [0.15, 0.2) is 11.5 Å². The van der Waals surface area contributed by atoms with Crippen LogP contribution >= 0.6 is 0 Å². The Morgan fingerprint density at radius 3 is 1.71 bits per heavy atom. The first kappa shape index (κ1) is 25.5. The lowest BCUT2D eigenvalue weighted by molar-refractivity contribution is 0.0679. The van der Waals surface area contributed by atoms with E-state index in [0.29, 0.717) is 29.0 Å². The van der Waals surface area contributed by atoms with Crippen molar-refractivity contribution in [2.24, 2.45) is 0 Å². The Morgan fingerprint density at radius 2 is 1.18 bits per heavy atom. The third-order valence-corrected chi connectivity index (χ3v) is 7.24. The summed E-state index contributed by atoms with van der Waals surface area (Å²) < 4.78 is 12.3. The van der Waals surface area contributed by atoms with E-state index in [-0.39, 0.29) is 5.92 Å². The standard InChI is InChI=1S/C34H32O4/c1-2-24-23-29(25-15-7-3-8-16-25)30(26-17-9-4-10-18-26)32(38-34(36)28-21-13-6-14-22-28)31(24)37-33(35)27-19-11-5-12-20-27/h3,5-8,11-16,19-23,26H,2,4,9-10,17-18H2,1H3. The lowest BCUT2D eigenvalue weighted by atomic mass is 9.79. The number of esters is 2. The van der Waals surface area contributed by atoms with Gasteiger partial charge in [-0.3, -0.25) is 0 Å². The van der Waals surface area contributed by atoms with E-state index < -0.39 is 11.9 Å². The number of ether oxygens (including phenoxy) is 2. The minimum absolute atomic E-state index is 0.192. The molecular weight excluding hydrogens is 472 g/mol. The molecule has 0 amide bonds. The SMILES string of the molecule is CCc1cc(-c2ccccc2)c(C2CCCCC2)c(OC(=O)c2ccccc2)c1OC(=O)c1ccccc1. The second-order valence-corrected chi connectivity index (χ2v) is 9.72. The Balaban J connectivity index is 1.71. The van der Waals surface area contributed by atoms with Crippen molar-refractivity contribution in [3.05, 3.63) is 119 Å². The molecule has 0 atom stereocenters. The van der Waals surface area contributed by atoms with Crippen LogP contribution in [0.2, 0.25) is 0 Å². The van der Waals surface area contributed by atoms with Crippen LogP contribution in [0.3, 0.4) is 0 Å². The van der Waals surface area contributed by atoms with Crippen LogP contribution in [-0.2, 0) is 6.42 Å². The van der Waals surface area contributed by atoms with E-state index in [1.807, 2.05) is 49.4 Å². The van der Waals surface area contributed by atoms with Crippen LogP contribution in [0.1, 0.15) is 76.8 Å². The molecule has 192 valence electrons. The van der Waals surface area contributed by atoms with Gasteiger partial charge in [0.25, 0.3) is 0 Å². The summed E-state index contributed by atoms with van der Waals surface area (Å²) in [5, 5.41) is 0. The van der Waals surface area contributed by atoms with Crippen molar-refractivity contribution in [1.29, 1.82) is 0 Å². The summed E-state index contributed by atoms with van der Waals surface area (Å²) in [5.74, 6) is -0.0389. The minimum atomic E-state index is -0.473. The Kier molecular flexibility index (Phi) is 7.98. The number of aryl methyl sites for hydroxylation is 1. The molecule has 4 aromatic rings. The normalized spacial score (nSPS) is 13.6. The zero-order valence-corrected chi connectivity index (χ0v) is 21.7. The summed E-state index contributed by atoms with van der Waals surface area (Å²) >= 11 is 0. The molecular formula is C34H32O4. The number of benzene rings is 4. The largest absolute Gasteiger partial charge is 0.419 e. The third-order valence-electron chi connectivity index (χ3n) is 7.24. The molecule has 1 aliphatic rings. The molecule has 4 heteroatoms. The van der Waals surface area contributed by atoms with Gasteiger partial charge in [-0.25, -0.2) is 9.59 Å². The highest BCUT2D eigenvalue weighted by atomic mass is 16.6. The van der Waals surface area contributed by atoms with E-state index in [1.165, 1.54) is 6.42 Å². The fourth-order valence-electron chi connectivity index (χ4n) is 5.29. The van der Waals surface area contributed by atoms with Gasteiger partial charge in [0.05, 0.1) is 11.1 Å². The molecule has 4 nitrogen and oxygen atoms in total. The first-order valence-electron chi connectivity index (χ1n) is 13.4. The third kappa shape index (κ3) is 5.55. The lowest BCUT2D eigenvalue weighted by Crippen LogP contribution is -2.17. The highest BCUT2D eigenvalue weighted by Crippen LogP contribution is 2.49. The van der Waals surface area contributed by atoms with Crippen LogP contribution in [0.5, 0.6) is 11.5 Å². The van der Waals surface area contributed by atoms with Crippen LogP contribution < -0.4 is 9.47 Å². The molecule has 1 aliphatic carbocycles. The highest BCUT2D eigenvalue weighted by molar-refractivity contribution is 5.94. The molecule has 0 radical (unpaired) electrons. The van der Waals surface area contributed by atoms with Gasteiger partial charge in [0.2, 0.25) is 0 Å². The number of hydrogen-bond donors (Lipinski definition) is 0. The molecule has 4 aromatic carbocycles. The topological polar surface area (TPSA) is 52.6 Å². The van der Waals surface area contributed by atoms with Gasteiger partial charge in [-0.1, -0.05) is 92.9 Å². The van der Waals surface area contributed by atoms with Crippen molar-refractivity contribution in [3.8, 4) is 22.6 Å². The van der Waals surface area contributed by atoms with Gasteiger partial charge in [0, 0.05) is 5.56 Å². The molecule has 0 bridgehead atoms. The number of rotatable bonds is 7. The monoisotopic (exact) mass is 504 g/mol. The van der Waals surface area contributed by atoms with Crippen molar-refractivity contribution < 1.29 is 19.1 Å². The fraction of sp³-hybridized carbons (Fsp3) is 0.235. The van der Waals surface area contributed by atoms with Gasteiger partial charge in [-0.15, -0.1) is 0 Å². The molecule has 0 heterocycles. The van der Waals surface area contributed by atoms with E-state index >= 15 is 0 Å². The maximum Gasteiger partial charge on any atom is 0.343 e. The van der Waals surface area contributed by atoms with Crippen molar-refractivity contribution in [3.63, 3.8) is 0 Å². The van der Waals surface area contributed by atoms with Gasteiger partial charge in [-0.05, 0) is 72.2 Å². The average Bonchev–Trinajstić information content (AvgIpc) is 2.99. The quantitative estimate of drug-likeness (QED) is 0.187. The highest BCUT2D eigenvalue weighted by Gasteiger charge is 2.30. The fourth-order valence-corrected chi connectivity index (χ4v) is 5.29. The smallest absolute Gasteiger partial charge is 0.343 e. The lowest BCUT2D eigenvalue weighted by Gasteiger charge is -2.29. The Labute approximate surface area is 224 Å².